The number of aromatic amines is 1. The number of nitrogens with one attached hydrogen (secondary N) is 1. The summed E-state index contributed by atoms with van der Waals surface area (Å²) in [6.45, 7) is 0. The summed E-state index contributed by atoms with van der Waals surface area (Å²) in [6.07, 6.45) is 1.77. The first-order chi connectivity index (χ1) is 7.43. The smallest absolute Gasteiger partial charge is 1.00 e. The maximum absolute atomic E-state index is 4.46. The van der Waals surface area contributed by atoms with Crippen LogP contribution in [0.25, 0.3) is 22.6 Å². The van der Waals surface area contributed by atoms with E-state index in [1.165, 1.54) is 0 Å². The average Bonchev–Trinajstić information content (AvgIpc) is 2.74. The molecular weight excluding hydrogens is 376 g/mol. The Labute approximate surface area is 156 Å². The maximum atomic E-state index is 4.46. The van der Waals surface area contributed by atoms with Gasteiger partial charge in [-0.15, -0.1) is 0 Å². The van der Waals surface area contributed by atoms with Crippen LogP contribution >= 0.6 is 0 Å². The van der Waals surface area contributed by atoms with Crippen LogP contribution in [0.15, 0.2) is 48.7 Å². The summed E-state index contributed by atoms with van der Waals surface area (Å²) < 4.78 is 0. The topological polar surface area (TPSA) is 41.6 Å². The molecule has 0 aliphatic heterocycles. The van der Waals surface area contributed by atoms with Crippen LogP contribution in [0.3, 0.4) is 0 Å². The molecule has 0 aliphatic rings. The van der Waals surface area contributed by atoms with E-state index in [1.807, 2.05) is 42.5 Å². The van der Waals surface area contributed by atoms with E-state index in [4.69, 9.17) is 0 Å². The van der Waals surface area contributed by atoms with Crippen LogP contribution < -0.4 is 49.6 Å². The van der Waals surface area contributed by atoms with Gasteiger partial charge in [0.25, 0.3) is 0 Å². The molecule has 1 aromatic carbocycles. The predicted molar refractivity (Wildman–Crippen MR) is 59.3 cm³/mol. The molecule has 0 bridgehead atoms. The Bertz CT molecular complexity index is 571. The van der Waals surface area contributed by atoms with Gasteiger partial charge >= 0.3 is 21.7 Å². The van der Waals surface area contributed by atoms with Crippen LogP contribution in [0.1, 0.15) is 0 Å². The molecular formula is C12H9Cl4N3Ti. The van der Waals surface area contributed by atoms with Gasteiger partial charge in [-0.3, -0.25) is 4.98 Å². The molecule has 2 aromatic heterocycles. The monoisotopic (exact) mass is 383 g/mol. The zero-order chi connectivity index (χ0) is 10.1. The standard InChI is InChI=1S/C12H9N3.4ClH.Ti/c1-2-6-10-9(5-1)14-12(15-10)11-7-3-4-8-13-11;;;;;/h1-8H,(H,14,15);4*1H;/q;;;;;+4/p-4. The zero-order valence-electron chi connectivity index (χ0n) is 10.0. The zero-order valence-corrected chi connectivity index (χ0v) is 14.6. The number of fused-ring (bicyclic) bond motifs is 1. The maximum Gasteiger partial charge on any atom is 4.00 e. The fourth-order valence-corrected chi connectivity index (χ4v) is 1.58. The number of nitrogens with zero attached hydrogens (tertiary/aromatic N) is 2. The minimum atomic E-state index is 0. The fraction of sp³-hybridized carbons (Fsp3) is 0. The Kier molecular flexibility index (Phi) is 14.1. The molecule has 0 fully saturated rings. The molecule has 0 spiro atoms. The summed E-state index contributed by atoms with van der Waals surface area (Å²) in [6, 6.07) is 13.8. The van der Waals surface area contributed by atoms with Gasteiger partial charge in [0.05, 0.1) is 11.0 Å². The third-order valence-corrected chi connectivity index (χ3v) is 2.30. The molecule has 0 saturated heterocycles. The van der Waals surface area contributed by atoms with E-state index < -0.39 is 0 Å². The van der Waals surface area contributed by atoms with Crippen molar-refractivity contribution in [2.75, 3.05) is 0 Å². The Morgan fingerprint density at radius 1 is 0.800 bits per heavy atom. The number of para-hydroxylation sites is 2. The Balaban J connectivity index is -0.000000578. The van der Waals surface area contributed by atoms with Crippen molar-refractivity contribution in [1.29, 1.82) is 0 Å². The molecule has 3 rings (SSSR count). The van der Waals surface area contributed by atoms with E-state index in [9.17, 15) is 0 Å². The van der Waals surface area contributed by atoms with Crippen molar-refractivity contribution in [3.8, 4) is 11.5 Å². The number of hydrogen-bond acceptors (Lipinski definition) is 2. The fourth-order valence-electron chi connectivity index (χ4n) is 1.58. The molecule has 0 saturated carbocycles. The number of imidazole rings is 1. The van der Waals surface area contributed by atoms with E-state index in [0.29, 0.717) is 0 Å². The second-order valence-electron chi connectivity index (χ2n) is 3.32. The van der Waals surface area contributed by atoms with Crippen LogP contribution in [-0.4, -0.2) is 15.0 Å². The van der Waals surface area contributed by atoms with Gasteiger partial charge in [-0.2, -0.15) is 0 Å². The molecule has 0 radical (unpaired) electrons. The van der Waals surface area contributed by atoms with Crippen LogP contribution in [-0.2, 0) is 21.7 Å². The quantitative estimate of drug-likeness (QED) is 0.423. The van der Waals surface area contributed by atoms with E-state index in [1.54, 1.807) is 6.20 Å². The molecule has 0 atom stereocenters. The Morgan fingerprint density at radius 2 is 1.45 bits per heavy atom. The van der Waals surface area contributed by atoms with Crippen LogP contribution in [0.4, 0.5) is 0 Å². The van der Waals surface area contributed by atoms with Gasteiger partial charge < -0.3 is 54.6 Å². The van der Waals surface area contributed by atoms with Gasteiger partial charge in [-0.1, -0.05) is 18.2 Å². The van der Waals surface area contributed by atoms with Gasteiger partial charge in [0.15, 0.2) is 5.82 Å². The summed E-state index contributed by atoms with van der Waals surface area (Å²) in [5.41, 5.74) is 2.88. The summed E-state index contributed by atoms with van der Waals surface area (Å²) in [4.78, 5) is 12.0. The SMILES string of the molecule is [Cl-].[Cl-].[Cl-].[Cl-].[Ti+4].c1ccc(-c2nc3ccccc3[nH]2)nc1. The number of hydrogen-bond donors (Lipinski definition) is 1. The Morgan fingerprint density at radius 3 is 2.05 bits per heavy atom. The summed E-state index contributed by atoms with van der Waals surface area (Å²) >= 11 is 0. The van der Waals surface area contributed by atoms with Crippen LogP contribution in [0, 0.1) is 0 Å². The molecule has 8 heteroatoms. The van der Waals surface area contributed by atoms with Crippen LogP contribution in [0.5, 0.6) is 0 Å². The van der Waals surface area contributed by atoms with Crippen molar-refractivity contribution in [2.45, 2.75) is 0 Å². The first kappa shape index (κ1) is 24.7. The van der Waals surface area contributed by atoms with Crippen molar-refractivity contribution < 1.29 is 71.3 Å². The predicted octanol–water partition coefficient (Wildman–Crippen LogP) is -9.36. The average molecular weight is 385 g/mol. The van der Waals surface area contributed by atoms with E-state index in [0.717, 1.165) is 22.6 Å². The van der Waals surface area contributed by atoms with Gasteiger partial charge in [-0.25, -0.2) is 4.98 Å². The minimum absolute atomic E-state index is 0. The molecule has 3 nitrogen and oxygen atoms in total. The van der Waals surface area contributed by atoms with Gasteiger partial charge in [0.2, 0.25) is 0 Å². The van der Waals surface area contributed by atoms with Crippen molar-refractivity contribution in [3.63, 3.8) is 0 Å². The molecule has 2 heterocycles. The molecule has 20 heavy (non-hydrogen) atoms. The van der Waals surface area contributed by atoms with Crippen molar-refractivity contribution in [2.24, 2.45) is 0 Å². The summed E-state index contributed by atoms with van der Waals surface area (Å²) in [7, 11) is 0. The normalized spacial score (nSPS) is 8.00. The number of aromatic nitrogens is 3. The molecule has 0 amide bonds. The number of pyridine rings is 1. The van der Waals surface area contributed by atoms with E-state index in [-0.39, 0.29) is 71.3 Å². The first-order valence-electron chi connectivity index (χ1n) is 4.80. The Hall–Kier alpha value is -0.286. The largest absolute Gasteiger partial charge is 4.00 e. The third-order valence-electron chi connectivity index (χ3n) is 2.30. The van der Waals surface area contributed by atoms with Gasteiger partial charge in [-0.05, 0) is 24.3 Å². The number of benzene rings is 1. The van der Waals surface area contributed by atoms with E-state index in [2.05, 4.69) is 15.0 Å². The number of halogens is 4. The number of H-pyrrole nitrogens is 1. The molecule has 104 valence electrons. The van der Waals surface area contributed by atoms with Crippen LogP contribution in [0.2, 0.25) is 0 Å². The van der Waals surface area contributed by atoms with E-state index >= 15 is 0 Å². The third kappa shape index (κ3) is 5.25. The molecule has 0 unspecified atom stereocenters. The van der Waals surface area contributed by atoms with Crippen molar-refractivity contribution in [3.05, 3.63) is 48.7 Å². The summed E-state index contributed by atoms with van der Waals surface area (Å²) in [5.74, 6) is 0.816. The second kappa shape index (κ2) is 11.4. The molecule has 3 aromatic rings. The summed E-state index contributed by atoms with van der Waals surface area (Å²) in [5, 5.41) is 0. The van der Waals surface area contributed by atoms with Gasteiger partial charge in [0, 0.05) is 6.20 Å². The molecule has 0 aliphatic carbocycles. The number of rotatable bonds is 1. The minimum Gasteiger partial charge on any atom is -1.00 e. The van der Waals surface area contributed by atoms with Gasteiger partial charge in [0.1, 0.15) is 5.69 Å². The first-order valence-corrected chi connectivity index (χ1v) is 4.80. The van der Waals surface area contributed by atoms with Crippen molar-refractivity contribution >= 4 is 11.0 Å². The molecule has 1 N–H and O–H groups in total. The second-order valence-corrected chi connectivity index (χ2v) is 3.32. The van der Waals surface area contributed by atoms with Crippen molar-refractivity contribution in [1.82, 2.24) is 15.0 Å².